The molecule has 36 heavy (non-hydrogen) atoms. The molecule has 0 bridgehead atoms. The molecular formula is C21H22F5N5O5. The highest BCUT2D eigenvalue weighted by Crippen LogP contribution is 2.42. The van der Waals surface area contributed by atoms with E-state index in [4.69, 9.17) is 14.6 Å². The Morgan fingerprint density at radius 3 is 2.61 bits per heavy atom. The Labute approximate surface area is 201 Å². The molecule has 2 aliphatic heterocycles. The number of amides is 2. The number of carboxylic acid groups (broad SMARTS) is 1. The minimum atomic E-state index is -5.08. The molecule has 0 aliphatic carbocycles. The van der Waals surface area contributed by atoms with Crippen LogP contribution in [-0.2, 0) is 16.6 Å². The van der Waals surface area contributed by atoms with Gasteiger partial charge >= 0.3 is 12.1 Å². The summed E-state index contributed by atoms with van der Waals surface area (Å²) >= 11 is 0. The number of nitrogens with one attached hydrogen (secondary N) is 1. The molecule has 2 amide bonds. The number of nitrogens with zero attached hydrogens (tertiary/aromatic N) is 4. The number of hydrogen-bond acceptors (Lipinski definition) is 6. The zero-order valence-electron chi connectivity index (χ0n) is 18.8. The third kappa shape index (κ3) is 5.71. The first-order valence-corrected chi connectivity index (χ1v) is 10.6. The molecule has 2 aromatic rings. The van der Waals surface area contributed by atoms with Crippen molar-refractivity contribution in [3.8, 4) is 5.88 Å². The Morgan fingerprint density at radius 2 is 2.03 bits per heavy atom. The maximum absolute atomic E-state index is 13.2. The summed E-state index contributed by atoms with van der Waals surface area (Å²) in [5.41, 5.74) is -1.46. The average Bonchev–Trinajstić information content (AvgIpc) is 3.51. The lowest BCUT2D eigenvalue weighted by atomic mass is 9.77. The smallest absolute Gasteiger partial charge is 0.477 e. The fourth-order valence-electron chi connectivity index (χ4n) is 4.14. The molecule has 10 nitrogen and oxygen atoms in total. The van der Waals surface area contributed by atoms with Gasteiger partial charge in [-0.25, -0.2) is 18.6 Å². The van der Waals surface area contributed by atoms with E-state index in [1.54, 1.807) is 24.4 Å². The summed E-state index contributed by atoms with van der Waals surface area (Å²) in [6.07, 6.45) is -4.56. The van der Waals surface area contributed by atoms with Crippen LogP contribution in [0.2, 0.25) is 0 Å². The van der Waals surface area contributed by atoms with Gasteiger partial charge in [0.15, 0.2) is 0 Å². The van der Waals surface area contributed by atoms with E-state index >= 15 is 0 Å². The van der Waals surface area contributed by atoms with Crippen LogP contribution in [0.3, 0.4) is 0 Å². The minimum Gasteiger partial charge on any atom is -0.477 e. The van der Waals surface area contributed by atoms with E-state index in [1.807, 2.05) is 0 Å². The standard InChI is InChI=1S/C19H21F2N5O3.C2HF3O2/c1-25-9-13(15(24-25)16(20)21)17(27)26-7-5-19(11-26)12(8-23-18(19)28)10-29-14-4-2-3-6-22-14;3-2(4,5)1(6)7/h2-4,6,9,12,16H,5,7-8,10-11H2,1H3,(H,23,28);(H,6,7)/t12-,19+;/m0./s1. The van der Waals surface area contributed by atoms with Gasteiger partial charge in [-0.15, -0.1) is 0 Å². The molecule has 0 radical (unpaired) electrons. The highest BCUT2D eigenvalue weighted by Gasteiger charge is 2.55. The Morgan fingerprint density at radius 1 is 1.33 bits per heavy atom. The molecule has 0 saturated carbocycles. The summed E-state index contributed by atoms with van der Waals surface area (Å²) in [7, 11) is 1.49. The maximum atomic E-state index is 13.2. The van der Waals surface area contributed by atoms with Gasteiger partial charge in [-0.3, -0.25) is 14.3 Å². The predicted molar refractivity (Wildman–Crippen MR) is 111 cm³/mol. The number of pyridine rings is 1. The molecule has 2 saturated heterocycles. The van der Waals surface area contributed by atoms with Crippen LogP contribution in [0.25, 0.3) is 0 Å². The number of likely N-dealkylation sites (tertiary alicyclic amines) is 1. The van der Waals surface area contributed by atoms with Crippen molar-refractivity contribution in [1.82, 2.24) is 25.0 Å². The molecule has 2 aliphatic rings. The van der Waals surface area contributed by atoms with Gasteiger partial charge in [0.2, 0.25) is 11.8 Å². The van der Waals surface area contributed by atoms with Crippen LogP contribution in [0.15, 0.2) is 30.6 Å². The first-order valence-electron chi connectivity index (χ1n) is 10.6. The fraction of sp³-hybridized carbons (Fsp3) is 0.476. The Balaban J connectivity index is 0.000000454. The molecule has 0 aromatic carbocycles. The number of carboxylic acids is 1. The summed E-state index contributed by atoms with van der Waals surface area (Å²) in [6, 6.07) is 5.32. The van der Waals surface area contributed by atoms with Crippen molar-refractivity contribution in [2.75, 3.05) is 26.2 Å². The van der Waals surface area contributed by atoms with Crippen molar-refractivity contribution in [3.63, 3.8) is 0 Å². The van der Waals surface area contributed by atoms with Crippen LogP contribution in [0.5, 0.6) is 5.88 Å². The van der Waals surface area contributed by atoms with Gasteiger partial charge in [0.05, 0.1) is 17.6 Å². The predicted octanol–water partition coefficient (Wildman–Crippen LogP) is 2.04. The van der Waals surface area contributed by atoms with E-state index in [0.717, 1.165) is 0 Å². The number of hydrogen-bond donors (Lipinski definition) is 2. The number of aliphatic carboxylic acids is 1. The van der Waals surface area contributed by atoms with Crippen molar-refractivity contribution in [2.24, 2.45) is 18.4 Å². The van der Waals surface area contributed by atoms with Crippen LogP contribution < -0.4 is 10.1 Å². The van der Waals surface area contributed by atoms with Crippen molar-refractivity contribution in [1.29, 1.82) is 0 Å². The van der Waals surface area contributed by atoms with Gasteiger partial charge in [0.25, 0.3) is 12.3 Å². The van der Waals surface area contributed by atoms with Crippen molar-refractivity contribution in [3.05, 3.63) is 41.9 Å². The van der Waals surface area contributed by atoms with Gasteiger partial charge in [0.1, 0.15) is 5.69 Å². The number of alkyl halides is 5. The quantitative estimate of drug-likeness (QED) is 0.579. The molecule has 4 rings (SSSR count). The van der Waals surface area contributed by atoms with Gasteiger partial charge in [-0.05, 0) is 12.5 Å². The lowest BCUT2D eigenvalue weighted by molar-refractivity contribution is -0.192. The van der Waals surface area contributed by atoms with Gasteiger partial charge in [0, 0.05) is 51.1 Å². The highest BCUT2D eigenvalue weighted by molar-refractivity contribution is 5.96. The van der Waals surface area contributed by atoms with Crippen LogP contribution in [-0.4, -0.2) is 75.0 Å². The number of carbonyl (C=O) groups excluding carboxylic acids is 2. The number of aryl methyl sites for hydroxylation is 1. The number of carbonyl (C=O) groups is 3. The summed E-state index contributed by atoms with van der Waals surface area (Å²) < 4.78 is 65.1. The van der Waals surface area contributed by atoms with Crippen LogP contribution in [0, 0.1) is 11.3 Å². The summed E-state index contributed by atoms with van der Waals surface area (Å²) in [4.78, 5) is 40.0. The second-order valence-corrected chi connectivity index (χ2v) is 8.22. The van der Waals surface area contributed by atoms with Crippen LogP contribution >= 0.6 is 0 Å². The zero-order valence-corrected chi connectivity index (χ0v) is 18.8. The molecule has 196 valence electrons. The third-order valence-electron chi connectivity index (χ3n) is 5.94. The Kier molecular flexibility index (Phi) is 7.79. The number of aromatic nitrogens is 3. The Bertz CT molecular complexity index is 1110. The van der Waals surface area contributed by atoms with Crippen molar-refractivity contribution in [2.45, 2.75) is 19.0 Å². The highest BCUT2D eigenvalue weighted by atomic mass is 19.4. The molecule has 2 N–H and O–H groups in total. The monoisotopic (exact) mass is 519 g/mol. The lowest BCUT2D eigenvalue weighted by Gasteiger charge is -2.28. The number of ether oxygens (including phenoxy) is 1. The first-order chi connectivity index (χ1) is 16.8. The van der Waals surface area contributed by atoms with Crippen molar-refractivity contribution >= 4 is 17.8 Å². The zero-order chi connectivity index (χ0) is 26.7. The maximum Gasteiger partial charge on any atom is 0.490 e. The SMILES string of the molecule is Cn1cc(C(=O)N2CC[C@]3(C2)C(=O)NC[C@H]3COc2ccccn2)c(C(F)F)n1.O=C(O)C(F)(F)F. The summed E-state index contributed by atoms with van der Waals surface area (Å²) in [5.74, 6) is -3.12. The van der Waals surface area contributed by atoms with E-state index in [2.05, 4.69) is 15.4 Å². The van der Waals surface area contributed by atoms with Crippen LogP contribution in [0.1, 0.15) is 28.9 Å². The van der Waals surface area contributed by atoms with E-state index in [9.17, 15) is 31.5 Å². The van der Waals surface area contributed by atoms with E-state index in [-0.39, 0.29) is 30.5 Å². The molecule has 2 atom stereocenters. The first kappa shape index (κ1) is 26.8. The molecule has 2 fully saturated rings. The fourth-order valence-corrected chi connectivity index (χ4v) is 4.14. The minimum absolute atomic E-state index is 0.126. The topological polar surface area (TPSA) is 127 Å². The van der Waals surface area contributed by atoms with Crippen LogP contribution in [0.4, 0.5) is 22.0 Å². The lowest BCUT2D eigenvalue weighted by Crippen LogP contribution is -2.41. The summed E-state index contributed by atoms with van der Waals surface area (Å²) in [5, 5.41) is 13.7. The molecule has 1 spiro atoms. The van der Waals surface area contributed by atoms with Gasteiger partial charge < -0.3 is 20.1 Å². The third-order valence-corrected chi connectivity index (χ3v) is 5.94. The number of rotatable bonds is 5. The normalized spacial score (nSPS) is 21.4. The van der Waals surface area contributed by atoms with E-state index < -0.39 is 35.6 Å². The molecule has 4 heterocycles. The second-order valence-electron chi connectivity index (χ2n) is 8.22. The second kappa shape index (κ2) is 10.5. The van der Waals surface area contributed by atoms with Gasteiger partial charge in [-0.1, -0.05) is 6.07 Å². The molecule has 0 unspecified atom stereocenters. The Hall–Kier alpha value is -3.78. The average molecular weight is 519 g/mol. The number of halogens is 5. The van der Waals surface area contributed by atoms with Crippen molar-refractivity contribution < 1.29 is 46.2 Å². The largest absolute Gasteiger partial charge is 0.490 e. The van der Waals surface area contributed by atoms with E-state index in [1.165, 1.54) is 22.8 Å². The molecule has 2 aromatic heterocycles. The molecular weight excluding hydrogens is 497 g/mol. The van der Waals surface area contributed by atoms with Gasteiger partial charge in [-0.2, -0.15) is 18.3 Å². The van der Waals surface area contributed by atoms with E-state index in [0.29, 0.717) is 25.4 Å². The summed E-state index contributed by atoms with van der Waals surface area (Å²) in [6.45, 7) is 1.17. The molecule has 15 heteroatoms.